The lowest BCUT2D eigenvalue weighted by atomic mass is 9.67. The van der Waals surface area contributed by atoms with Gasteiger partial charge in [-0.2, -0.15) is 0 Å². The molecule has 0 saturated carbocycles. The van der Waals surface area contributed by atoms with Crippen molar-refractivity contribution >= 4 is 27.9 Å². The molecule has 6 heteroatoms. The molecular formula is C14H21BrO5. The van der Waals surface area contributed by atoms with E-state index in [1.165, 1.54) is 18.2 Å². The number of hydrogen-bond donors (Lipinski definition) is 3. The lowest BCUT2D eigenvalue weighted by molar-refractivity contribution is -0.141. The summed E-state index contributed by atoms with van der Waals surface area (Å²) in [5.74, 6) is -2.17. The summed E-state index contributed by atoms with van der Waals surface area (Å²) in [6.07, 6.45) is 5.68. The van der Waals surface area contributed by atoms with Gasteiger partial charge in [0.1, 0.15) is 0 Å². The fourth-order valence-electron chi connectivity index (χ4n) is 1.90. The standard InChI is InChI=1S/C11H13BrO4.C3H8O/c1-3-10(2)7(8(13)14)5-4-6-11(10,12)9(15)16;1-2-3-4/h4-6H,3H2,1-2H3,(H,13,14)(H,15,16);4H,2-3H2,1H3. The van der Waals surface area contributed by atoms with E-state index >= 15 is 0 Å². The molecule has 0 bridgehead atoms. The Kier molecular flexibility index (Phi) is 7.16. The van der Waals surface area contributed by atoms with Crippen molar-refractivity contribution in [2.24, 2.45) is 5.41 Å². The smallest absolute Gasteiger partial charge is 0.332 e. The van der Waals surface area contributed by atoms with Crippen molar-refractivity contribution in [3.63, 3.8) is 0 Å². The number of aliphatic carboxylic acids is 2. The van der Waals surface area contributed by atoms with E-state index in [9.17, 15) is 14.7 Å². The molecule has 2 atom stereocenters. The van der Waals surface area contributed by atoms with Crippen molar-refractivity contribution in [2.45, 2.75) is 37.9 Å². The van der Waals surface area contributed by atoms with Gasteiger partial charge in [0.2, 0.25) is 0 Å². The SMILES string of the molecule is CCC1(C)C(C(=O)O)=CC=CC1(Br)C(=O)O.CCCO. The van der Waals surface area contributed by atoms with Gasteiger partial charge in [0.15, 0.2) is 4.32 Å². The Balaban J connectivity index is 0.000000796. The summed E-state index contributed by atoms with van der Waals surface area (Å²) < 4.78 is -1.36. The van der Waals surface area contributed by atoms with Gasteiger partial charge < -0.3 is 15.3 Å². The van der Waals surface area contributed by atoms with Crippen LogP contribution in [0, 0.1) is 5.41 Å². The van der Waals surface area contributed by atoms with Crippen molar-refractivity contribution in [1.29, 1.82) is 0 Å². The Labute approximate surface area is 127 Å². The second-order valence-corrected chi connectivity index (χ2v) is 5.92. The van der Waals surface area contributed by atoms with Gasteiger partial charge in [-0.1, -0.05) is 54.9 Å². The molecular weight excluding hydrogens is 328 g/mol. The Hall–Kier alpha value is -1.14. The average Bonchev–Trinajstić information content (AvgIpc) is 2.41. The first kappa shape index (κ1) is 18.9. The van der Waals surface area contributed by atoms with Crippen molar-refractivity contribution in [2.75, 3.05) is 6.61 Å². The van der Waals surface area contributed by atoms with Gasteiger partial charge in [0, 0.05) is 17.6 Å². The summed E-state index contributed by atoms with van der Waals surface area (Å²) >= 11 is 3.16. The summed E-state index contributed by atoms with van der Waals surface area (Å²) in [6.45, 7) is 5.66. The van der Waals surface area contributed by atoms with Crippen LogP contribution in [0.4, 0.5) is 0 Å². The zero-order chi connectivity index (χ0) is 16.0. The van der Waals surface area contributed by atoms with Crippen LogP contribution < -0.4 is 0 Å². The highest BCUT2D eigenvalue weighted by molar-refractivity contribution is 9.10. The van der Waals surface area contributed by atoms with Crippen molar-refractivity contribution in [1.82, 2.24) is 0 Å². The fraction of sp³-hybridized carbons (Fsp3) is 0.571. The van der Waals surface area contributed by atoms with Gasteiger partial charge in [-0.3, -0.25) is 4.79 Å². The van der Waals surface area contributed by atoms with Crippen LogP contribution >= 0.6 is 15.9 Å². The summed E-state index contributed by atoms with van der Waals surface area (Å²) in [5, 5.41) is 26.2. The first-order valence-corrected chi connectivity index (χ1v) is 7.17. The van der Waals surface area contributed by atoms with E-state index in [4.69, 9.17) is 10.2 Å². The maximum Gasteiger partial charge on any atom is 0.332 e. The van der Waals surface area contributed by atoms with Crippen molar-refractivity contribution < 1.29 is 24.9 Å². The minimum absolute atomic E-state index is 0.108. The van der Waals surface area contributed by atoms with E-state index < -0.39 is 21.7 Å². The molecule has 0 aromatic heterocycles. The highest BCUT2D eigenvalue weighted by atomic mass is 79.9. The van der Waals surface area contributed by atoms with E-state index in [0.29, 0.717) is 13.0 Å². The Morgan fingerprint density at radius 1 is 1.30 bits per heavy atom. The number of aliphatic hydroxyl groups is 1. The predicted molar refractivity (Wildman–Crippen MR) is 79.9 cm³/mol. The summed E-state index contributed by atoms with van der Waals surface area (Å²) in [6, 6.07) is 0. The van der Waals surface area contributed by atoms with Crippen molar-refractivity contribution in [3.05, 3.63) is 23.8 Å². The summed E-state index contributed by atoms with van der Waals surface area (Å²) in [7, 11) is 0. The predicted octanol–water partition coefficient (Wildman–Crippen LogP) is 2.59. The molecule has 0 fully saturated rings. The molecule has 1 aliphatic rings. The van der Waals surface area contributed by atoms with E-state index in [2.05, 4.69) is 15.9 Å². The van der Waals surface area contributed by atoms with Gasteiger partial charge in [0.25, 0.3) is 0 Å². The van der Waals surface area contributed by atoms with E-state index in [1.54, 1.807) is 13.8 Å². The zero-order valence-electron chi connectivity index (χ0n) is 11.9. The Bertz CT molecular complexity index is 427. The monoisotopic (exact) mass is 348 g/mol. The highest BCUT2D eigenvalue weighted by Gasteiger charge is 2.54. The fourth-order valence-corrected chi connectivity index (χ4v) is 2.55. The Morgan fingerprint density at radius 3 is 2.10 bits per heavy atom. The molecule has 0 amide bonds. The molecule has 20 heavy (non-hydrogen) atoms. The molecule has 0 radical (unpaired) electrons. The highest BCUT2D eigenvalue weighted by Crippen LogP contribution is 2.50. The first-order chi connectivity index (χ1) is 9.21. The molecule has 0 aromatic rings. The third kappa shape index (κ3) is 3.49. The van der Waals surface area contributed by atoms with E-state index in [-0.39, 0.29) is 5.57 Å². The number of carboxylic acid groups (broad SMARTS) is 2. The van der Waals surface area contributed by atoms with Crippen LogP contribution in [-0.4, -0.2) is 38.2 Å². The quantitative estimate of drug-likeness (QED) is 0.678. The second kappa shape index (κ2) is 7.59. The summed E-state index contributed by atoms with van der Waals surface area (Å²) in [5.41, 5.74) is -0.865. The number of alkyl halides is 1. The molecule has 0 heterocycles. The first-order valence-electron chi connectivity index (χ1n) is 6.37. The third-order valence-corrected chi connectivity index (χ3v) is 4.94. The number of allylic oxidation sites excluding steroid dienone is 2. The number of rotatable bonds is 4. The van der Waals surface area contributed by atoms with E-state index in [1.807, 2.05) is 6.92 Å². The molecule has 5 nitrogen and oxygen atoms in total. The maximum absolute atomic E-state index is 11.3. The lowest BCUT2D eigenvalue weighted by Gasteiger charge is -2.41. The second-order valence-electron chi connectivity index (χ2n) is 4.67. The third-order valence-electron chi connectivity index (χ3n) is 3.46. The number of carbonyl (C=O) groups is 2. The molecule has 0 aromatic carbocycles. The van der Waals surface area contributed by atoms with Crippen LogP contribution in [0.3, 0.4) is 0 Å². The van der Waals surface area contributed by atoms with Crippen LogP contribution in [0.15, 0.2) is 23.8 Å². The number of halogens is 1. The van der Waals surface area contributed by atoms with Gasteiger partial charge >= 0.3 is 11.9 Å². The Morgan fingerprint density at radius 2 is 1.80 bits per heavy atom. The molecule has 1 rings (SSSR count). The van der Waals surface area contributed by atoms with Crippen LogP contribution in [-0.2, 0) is 9.59 Å². The molecule has 0 spiro atoms. The number of hydrogen-bond acceptors (Lipinski definition) is 3. The summed E-state index contributed by atoms with van der Waals surface area (Å²) in [4.78, 5) is 22.4. The minimum atomic E-state index is -1.36. The van der Waals surface area contributed by atoms with Crippen molar-refractivity contribution in [3.8, 4) is 0 Å². The molecule has 114 valence electrons. The average molecular weight is 349 g/mol. The zero-order valence-corrected chi connectivity index (χ0v) is 13.5. The topological polar surface area (TPSA) is 94.8 Å². The van der Waals surface area contributed by atoms with Crippen LogP contribution in [0.2, 0.25) is 0 Å². The number of aliphatic hydroxyl groups excluding tert-OH is 1. The maximum atomic E-state index is 11.3. The molecule has 0 saturated heterocycles. The van der Waals surface area contributed by atoms with Crippen LogP contribution in [0.1, 0.15) is 33.6 Å². The molecule has 1 aliphatic carbocycles. The van der Waals surface area contributed by atoms with Crippen LogP contribution in [0.5, 0.6) is 0 Å². The molecule has 3 N–H and O–H groups in total. The van der Waals surface area contributed by atoms with E-state index in [0.717, 1.165) is 6.42 Å². The number of carboxylic acids is 2. The molecule has 2 unspecified atom stereocenters. The van der Waals surface area contributed by atoms with Gasteiger partial charge in [-0.25, -0.2) is 4.79 Å². The van der Waals surface area contributed by atoms with Gasteiger partial charge in [-0.05, 0) is 12.8 Å². The lowest BCUT2D eigenvalue weighted by Crippen LogP contribution is -2.49. The minimum Gasteiger partial charge on any atom is -0.480 e. The largest absolute Gasteiger partial charge is 0.480 e. The van der Waals surface area contributed by atoms with Gasteiger partial charge in [-0.15, -0.1) is 0 Å². The van der Waals surface area contributed by atoms with Gasteiger partial charge in [0.05, 0.1) is 0 Å². The normalized spacial score (nSPS) is 28.1. The van der Waals surface area contributed by atoms with Crippen LogP contribution in [0.25, 0.3) is 0 Å². The molecule has 0 aliphatic heterocycles.